The molecule has 1 heterocycles. The van der Waals surface area contributed by atoms with Crippen LogP contribution in [0.3, 0.4) is 0 Å². The van der Waals surface area contributed by atoms with Gasteiger partial charge in [-0.15, -0.1) is 0 Å². The van der Waals surface area contributed by atoms with E-state index in [0.717, 1.165) is 10.8 Å². The summed E-state index contributed by atoms with van der Waals surface area (Å²) in [7, 11) is 2.43. The Morgan fingerprint density at radius 2 is 1.91 bits per heavy atom. The molecule has 1 aliphatic rings. The zero-order chi connectivity index (χ0) is 8.43. The molecule has 2 atom stereocenters. The van der Waals surface area contributed by atoms with Crippen molar-refractivity contribution in [2.45, 2.75) is 5.25 Å². The van der Waals surface area contributed by atoms with Crippen LogP contribution < -0.4 is 0 Å². The van der Waals surface area contributed by atoms with Crippen molar-refractivity contribution in [1.82, 2.24) is 0 Å². The smallest absolute Gasteiger partial charge is 0.318 e. The van der Waals surface area contributed by atoms with Crippen LogP contribution in [0.1, 0.15) is 0 Å². The lowest BCUT2D eigenvalue weighted by molar-refractivity contribution is -0.146. The minimum absolute atomic E-state index is 0.386. The quantitative estimate of drug-likeness (QED) is 0.625. The van der Waals surface area contributed by atoms with Crippen molar-refractivity contribution in [2.24, 2.45) is 5.92 Å². The van der Waals surface area contributed by atoms with Crippen molar-refractivity contribution >= 4 is 33.5 Å². The highest BCUT2D eigenvalue weighted by molar-refractivity contribution is 8.77. The van der Waals surface area contributed by atoms with Gasteiger partial charge in [0.25, 0.3) is 0 Å². The highest BCUT2D eigenvalue weighted by Gasteiger charge is 2.39. The summed E-state index contributed by atoms with van der Waals surface area (Å²) in [6, 6.07) is 0. The molecular formula is C5H6O4S2. The van der Waals surface area contributed by atoms with Crippen LogP contribution in [0.2, 0.25) is 0 Å². The number of rotatable bonds is 2. The highest BCUT2D eigenvalue weighted by Crippen LogP contribution is 2.41. The van der Waals surface area contributed by atoms with E-state index in [9.17, 15) is 9.59 Å². The summed E-state index contributed by atoms with van der Waals surface area (Å²) in [4.78, 5) is 20.8. The zero-order valence-electron chi connectivity index (χ0n) is 5.39. The molecule has 1 saturated heterocycles. The van der Waals surface area contributed by atoms with Gasteiger partial charge in [-0.1, -0.05) is 21.6 Å². The second kappa shape index (κ2) is 3.36. The van der Waals surface area contributed by atoms with Crippen molar-refractivity contribution in [1.29, 1.82) is 0 Å². The number of hydrogen-bond acceptors (Lipinski definition) is 4. The Hall–Kier alpha value is -0.360. The average Bonchev–Trinajstić information content (AvgIpc) is 2.32. The van der Waals surface area contributed by atoms with E-state index in [1.807, 2.05) is 0 Å². The second-order valence-corrected chi connectivity index (χ2v) is 4.64. The number of hydrogen-bond donors (Lipinski definition) is 2. The molecular weight excluding hydrogens is 188 g/mol. The fraction of sp³-hybridized carbons (Fsp3) is 0.600. The summed E-state index contributed by atoms with van der Waals surface area (Å²) in [5, 5.41) is 16.3. The topological polar surface area (TPSA) is 74.6 Å². The number of aliphatic carboxylic acids is 2. The first-order chi connectivity index (χ1) is 5.13. The molecule has 0 radical (unpaired) electrons. The van der Waals surface area contributed by atoms with Crippen molar-refractivity contribution in [2.75, 3.05) is 5.75 Å². The van der Waals surface area contributed by atoms with Gasteiger partial charge < -0.3 is 10.2 Å². The van der Waals surface area contributed by atoms with E-state index in [1.54, 1.807) is 0 Å². The Morgan fingerprint density at radius 1 is 1.27 bits per heavy atom. The van der Waals surface area contributed by atoms with Crippen molar-refractivity contribution in [3.05, 3.63) is 0 Å². The van der Waals surface area contributed by atoms with E-state index >= 15 is 0 Å². The lowest BCUT2D eigenvalue weighted by Crippen LogP contribution is -2.29. The van der Waals surface area contributed by atoms with Crippen LogP contribution in [0, 0.1) is 5.92 Å². The minimum atomic E-state index is -1.03. The van der Waals surface area contributed by atoms with Crippen molar-refractivity contribution in [3.63, 3.8) is 0 Å². The maximum Gasteiger partial charge on any atom is 0.318 e. The molecule has 1 aliphatic heterocycles. The van der Waals surface area contributed by atoms with E-state index in [1.165, 1.54) is 10.8 Å². The summed E-state index contributed by atoms with van der Waals surface area (Å²) >= 11 is 0. The molecule has 0 saturated carbocycles. The first-order valence-corrected chi connectivity index (χ1v) is 5.25. The maximum absolute atomic E-state index is 10.4. The van der Waals surface area contributed by atoms with Gasteiger partial charge in [-0.2, -0.15) is 0 Å². The van der Waals surface area contributed by atoms with Gasteiger partial charge in [-0.25, -0.2) is 0 Å². The normalized spacial score (nSPS) is 30.2. The molecule has 0 spiro atoms. The Morgan fingerprint density at radius 3 is 2.27 bits per heavy atom. The van der Waals surface area contributed by atoms with E-state index < -0.39 is 23.1 Å². The lowest BCUT2D eigenvalue weighted by Gasteiger charge is -2.06. The minimum Gasteiger partial charge on any atom is -0.481 e. The molecule has 0 aromatic carbocycles. The molecule has 2 N–H and O–H groups in total. The van der Waals surface area contributed by atoms with E-state index in [-0.39, 0.29) is 0 Å². The summed E-state index contributed by atoms with van der Waals surface area (Å²) in [5.74, 6) is -2.40. The Bertz CT molecular complexity index is 173. The van der Waals surface area contributed by atoms with Gasteiger partial charge in [-0.05, 0) is 0 Å². The van der Waals surface area contributed by atoms with E-state index in [4.69, 9.17) is 10.2 Å². The van der Waals surface area contributed by atoms with Crippen LogP contribution in [-0.4, -0.2) is 33.2 Å². The summed E-state index contributed by atoms with van der Waals surface area (Å²) in [5.41, 5.74) is 0. The molecule has 0 aromatic heterocycles. The molecule has 0 bridgehead atoms. The van der Waals surface area contributed by atoms with Crippen LogP contribution in [0.25, 0.3) is 0 Å². The molecule has 1 rings (SSSR count). The third-order valence-electron chi connectivity index (χ3n) is 1.35. The standard InChI is InChI=1S/C5H6O4S2/c6-4(7)2-1-10-11-3(2)5(8)9/h2-3H,1H2,(H,6,7)(H,8,9). The van der Waals surface area contributed by atoms with Gasteiger partial charge in [0.15, 0.2) is 0 Å². The average molecular weight is 194 g/mol. The molecule has 2 unspecified atom stereocenters. The monoisotopic (exact) mass is 194 g/mol. The Labute approximate surface area is 70.8 Å². The van der Waals surface area contributed by atoms with E-state index in [0.29, 0.717) is 5.75 Å². The van der Waals surface area contributed by atoms with E-state index in [2.05, 4.69) is 0 Å². The fourth-order valence-corrected chi connectivity index (χ4v) is 3.78. The van der Waals surface area contributed by atoms with Gasteiger partial charge in [0.2, 0.25) is 0 Å². The van der Waals surface area contributed by atoms with Gasteiger partial charge in [0, 0.05) is 5.75 Å². The second-order valence-electron chi connectivity index (χ2n) is 2.08. The fourth-order valence-electron chi connectivity index (χ4n) is 0.754. The highest BCUT2D eigenvalue weighted by atomic mass is 33.1. The van der Waals surface area contributed by atoms with Crippen LogP contribution in [0.4, 0.5) is 0 Å². The molecule has 6 heteroatoms. The molecule has 0 amide bonds. The lowest BCUT2D eigenvalue weighted by atomic mass is 10.1. The Kier molecular flexibility index (Phi) is 2.67. The predicted molar refractivity (Wildman–Crippen MR) is 42.6 cm³/mol. The van der Waals surface area contributed by atoms with Gasteiger partial charge in [-0.3, -0.25) is 9.59 Å². The third kappa shape index (κ3) is 1.81. The van der Waals surface area contributed by atoms with Crippen molar-refractivity contribution in [3.8, 4) is 0 Å². The van der Waals surface area contributed by atoms with Gasteiger partial charge in [0.05, 0.1) is 5.92 Å². The molecule has 1 fully saturated rings. The summed E-state index contributed by atoms with van der Waals surface area (Å²) < 4.78 is 0. The van der Waals surface area contributed by atoms with Crippen molar-refractivity contribution < 1.29 is 19.8 Å². The predicted octanol–water partition coefficient (Wildman–Crippen LogP) is 0.535. The molecule has 0 aromatic rings. The largest absolute Gasteiger partial charge is 0.481 e. The number of carboxylic acid groups (broad SMARTS) is 2. The van der Waals surface area contributed by atoms with Crippen LogP contribution >= 0.6 is 21.6 Å². The number of carbonyl (C=O) groups is 2. The third-order valence-corrected chi connectivity index (χ3v) is 4.15. The van der Waals surface area contributed by atoms with Gasteiger partial charge in [0.1, 0.15) is 5.25 Å². The molecule has 11 heavy (non-hydrogen) atoms. The first kappa shape index (κ1) is 8.73. The summed E-state index contributed by atoms with van der Waals surface area (Å²) in [6.07, 6.45) is 0. The molecule has 0 aliphatic carbocycles. The summed E-state index contributed by atoms with van der Waals surface area (Å²) in [6.45, 7) is 0. The zero-order valence-corrected chi connectivity index (χ0v) is 7.02. The maximum atomic E-state index is 10.4. The molecule has 62 valence electrons. The molecule has 4 nitrogen and oxygen atoms in total. The van der Waals surface area contributed by atoms with Crippen LogP contribution in [0.15, 0.2) is 0 Å². The SMILES string of the molecule is O=C(O)C1CSSC1C(=O)O. The first-order valence-electron chi connectivity index (χ1n) is 2.87. The number of carboxylic acids is 2. The Balaban J connectivity index is 2.65. The van der Waals surface area contributed by atoms with Crippen LogP contribution in [-0.2, 0) is 9.59 Å². The van der Waals surface area contributed by atoms with Crippen LogP contribution in [0.5, 0.6) is 0 Å². The van der Waals surface area contributed by atoms with Gasteiger partial charge >= 0.3 is 11.9 Å².